The topological polar surface area (TPSA) is 190 Å². The highest BCUT2D eigenvalue weighted by atomic mass is 16.7. The summed E-state index contributed by atoms with van der Waals surface area (Å²) in [6, 6.07) is 0. The number of methoxy groups -OCH3 is 1. The van der Waals surface area contributed by atoms with E-state index in [2.05, 4.69) is 4.74 Å². The molecule has 0 aromatic carbocycles. The van der Waals surface area contributed by atoms with Crippen molar-refractivity contribution in [3.63, 3.8) is 0 Å². The van der Waals surface area contributed by atoms with Crippen LogP contribution in [0.1, 0.15) is 41.0 Å². The average molecular weight is 467 g/mol. The van der Waals surface area contributed by atoms with E-state index < -0.39 is 18.3 Å². The van der Waals surface area contributed by atoms with Crippen LogP contribution in [0, 0.1) is 5.92 Å². The van der Waals surface area contributed by atoms with E-state index in [1.165, 1.54) is 6.92 Å². The summed E-state index contributed by atoms with van der Waals surface area (Å²) in [6.45, 7) is 9.96. The molecule has 0 heterocycles. The monoisotopic (exact) mass is 466 g/mol. The first kappa shape index (κ1) is 40.9. The molecule has 0 saturated carbocycles. The van der Waals surface area contributed by atoms with Gasteiger partial charge in [-0.15, -0.1) is 0 Å². The first-order valence-electron chi connectivity index (χ1n) is 10.3. The Kier molecular flexibility index (Phi) is 52.7. The van der Waals surface area contributed by atoms with Crippen LogP contribution in [-0.2, 0) is 14.2 Å². The minimum absolute atomic E-state index is 0.0219. The molecule has 11 heteroatoms. The normalized spacial score (nSPS) is 12.5. The Morgan fingerprint density at radius 3 is 1.29 bits per heavy atom. The standard InChI is InChI=1S/C8H18O5.C4H10O.2C3H8O2.C2H6O/c1-2-7(10)4-12-6-13-5-8(11)3-9;1-4(2)3-5;1-5-3-2-4;1-3(5)2-4;1-2-3/h7-11H,2-6H2,1H3;4-5H,3H2,1-2H3;4H,2-3H2,1H3;3-5H,2H2,1H3;3H,2H2,1H3. The van der Waals surface area contributed by atoms with Crippen molar-refractivity contribution in [3.8, 4) is 0 Å². The molecule has 0 amide bonds. The first-order chi connectivity index (χ1) is 14.6. The van der Waals surface area contributed by atoms with Gasteiger partial charge < -0.3 is 55.1 Å². The maximum atomic E-state index is 9.04. The molecule has 3 unspecified atom stereocenters. The molecule has 31 heavy (non-hydrogen) atoms. The predicted molar refractivity (Wildman–Crippen MR) is 119 cm³/mol. The smallest absolute Gasteiger partial charge is 0.146 e. The second-order valence-electron chi connectivity index (χ2n) is 6.40. The van der Waals surface area contributed by atoms with E-state index >= 15 is 0 Å². The van der Waals surface area contributed by atoms with Gasteiger partial charge >= 0.3 is 0 Å². The fourth-order valence-corrected chi connectivity index (χ4v) is 0.689. The molecular weight excluding hydrogens is 416 g/mol. The van der Waals surface area contributed by atoms with Gasteiger partial charge in [0.1, 0.15) is 12.9 Å². The van der Waals surface area contributed by atoms with E-state index in [-0.39, 0.29) is 46.4 Å². The number of ether oxygens (including phenoxy) is 3. The van der Waals surface area contributed by atoms with E-state index in [0.29, 0.717) is 25.6 Å². The molecule has 0 radical (unpaired) electrons. The third-order valence-corrected chi connectivity index (χ3v) is 2.39. The Bertz CT molecular complexity index is 235. The molecule has 0 spiro atoms. The Hall–Kier alpha value is -0.440. The van der Waals surface area contributed by atoms with Crippen molar-refractivity contribution in [3.05, 3.63) is 0 Å². The zero-order valence-corrected chi connectivity index (χ0v) is 20.2. The molecule has 0 aromatic heterocycles. The van der Waals surface area contributed by atoms with E-state index in [0.717, 1.165) is 0 Å². The van der Waals surface area contributed by atoms with Crippen molar-refractivity contribution in [2.75, 3.05) is 66.8 Å². The van der Waals surface area contributed by atoms with Crippen molar-refractivity contribution in [2.45, 2.75) is 59.4 Å². The SMILES string of the molecule is CC(C)CO.CC(O)CO.CCC(O)COCOCC(O)CO.CCO.COCCO. The Labute approximate surface area is 187 Å². The number of aliphatic hydroxyl groups excluding tert-OH is 8. The van der Waals surface area contributed by atoms with E-state index in [1.54, 1.807) is 14.0 Å². The van der Waals surface area contributed by atoms with Crippen molar-refractivity contribution in [2.24, 2.45) is 5.92 Å². The van der Waals surface area contributed by atoms with E-state index in [4.69, 9.17) is 50.3 Å². The van der Waals surface area contributed by atoms with Gasteiger partial charge in [0.25, 0.3) is 0 Å². The van der Waals surface area contributed by atoms with Crippen LogP contribution in [0.15, 0.2) is 0 Å². The molecular formula is C20H50O11. The maximum absolute atomic E-state index is 9.04. The first-order valence-corrected chi connectivity index (χ1v) is 10.3. The molecule has 0 aliphatic heterocycles. The highest BCUT2D eigenvalue weighted by Gasteiger charge is 2.02. The lowest BCUT2D eigenvalue weighted by atomic mass is 10.2. The van der Waals surface area contributed by atoms with Gasteiger partial charge in [0, 0.05) is 20.3 Å². The van der Waals surface area contributed by atoms with Gasteiger partial charge in [-0.1, -0.05) is 20.8 Å². The molecule has 0 aliphatic carbocycles. The molecule has 196 valence electrons. The van der Waals surface area contributed by atoms with Crippen LogP contribution in [-0.4, -0.2) is 126 Å². The summed E-state index contributed by atoms with van der Waals surface area (Å²) in [5.41, 5.74) is 0. The number of hydrogen-bond donors (Lipinski definition) is 8. The molecule has 11 nitrogen and oxygen atoms in total. The van der Waals surface area contributed by atoms with Crippen LogP contribution in [0.5, 0.6) is 0 Å². The summed E-state index contributed by atoms with van der Waals surface area (Å²) in [5, 5.41) is 65.9. The van der Waals surface area contributed by atoms with Crippen LogP contribution in [0.4, 0.5) is 0 Å². The Morgan fingerprint density at radius 2 is 1.10 bits per heavy atom. The summed E-state index contributed by atoms with van der Waals surface area (Å²) < 4.78 is 14.2. The molecule has 0 aliphatic rings. The quantitative estimate of drug-likeness (QED) is 0.126. The predicted octanol–water partition coefficient (Wildman–Crippen LogP) is -1.28. The molecule has 0 bridgehead atoms. The lowest BCUT2D eigenvalue weighted by Gasteiger charge is -2.10. The third kappa shape index (κ3) is 72.8. The molecule has 3 atom stereocenters. The van der Waals surface area contributed by atoms with Crippen LogP contribution < -0.4 is 0 Å². The van der Waals surface area contributed by atoms with Gasteiger partial charge in [0.2, 0.25) is 0 Å². The highest BCUT2D eigenvalue weighted by molar-refractivity contribution is 4.48. The Morgan fingerprint density at radius 1 is 0.710 bits per heavy atom. The fourth-order valence-electron chi connectivity index (χ4n) is 0.689. The summed E-state index contributed by atoms with van der Waals surface area (Å²) in [5.74, 6) is 0.440. The molecule has 0 fully saturated rings. The summed E-state index contributed by atoms with van der Waals surface area (Å²) >= 11 is 0. The molecule has 0 aromatic rings. The van der Waals surface area contributed by atoms with Gasteiger partial charge in [0.15, 0.2) is 0 Å². The fraction of sp³-hybridized carbons (Fsp3) is 1.00. The molecule has 0 rings (SSSR count). The zero-order valence-electron chi connectivity index (χ0n) is 20.2. The van der Waals surface area contributed by atoms with Crippen LogP contribution in [0.2, 0.25) is 0 Å². The van der Waals surface area contributed by atoms with Crippen molar-refractivity contribution >= 4 is 0 Å². The van der Waals surface area contributed by atoms with E-state index in [1.807, 2.05) is 20.8 Å². The van der Waals surface area contributed by atoms with Gasteiger partial charge in [-0.2, -0.15) is 0 Å². The van der Waals surface area contributed by atoms with Crippen LogP contribution in [0.25, 0.3) is 0 Å². The largest absolute Gasteiger partial charge is 0.397 e. The van der Waals surface area contributed by atoms with Crippen LogP contribution in [0.3, 0.4) is 0 Å². The van der Waals surface area contributed by atoms with Crippen LogP contribution >= 0.6 is 0 Å². The van der Waals surface area contributed by atoms with Crippen molar-refractivity contribution in [1.29, 1.82) is 0 Å². The number of hydrogen-bond acceptors (Lipinski definition) is 11. The summed E-state index contributed by atoms with van der Waals surface area (Å²) in [7, 11) is 1.55. The van der Waals surface area contributed by atoms with Gasteiger partial charge in [0.05, 0.1) is 51.8 Å². The van der Waals surface area contributed by atoms with Crippen molar-refractivity contribution < 1.29 is 55.1 Å². The van der Waals surface area contributed by atoms with Gasteiger partial charge in [-0.3, -0.25) is 0 Å². The number of rotatable bonds is 12. The van der Waals surface area contributed by atoms with Crippen molar-refractivity contribution in [1.82, 2.24) is 0 Å². The van der Waals surface area contributed by atoms with Gasteiger partial charge in [-0.05, 0) is 26.2 Å². The second-order valence-corrected chi connectivity index (χ2v) is 6.40. The molecule has 0 saturated heterocycles. The molecule has 8 N–H and O–H groups in total. The highest BCUT2D eigenvalue weighted by Crippen LogP contribution is 1.91. The maximum Gasteiger partial charge on any atom is 0.146 e. The average Bonchev–Trinajstić information content (AvgIpc) is 2.75. The lowest BCUT2D eigenvalue weighted by Crippen LogP contribution is -2.21. The Balaban J connectivity index is -0.000000104. The summed E-state index contributed by atoms with van der Waals surface area (Å²) in [6.07, 6.45) is -1.25. The second kappa shape index (κ2) is 40.0. The summed E-state index contributed by atoms with van der Waals surface area (Å²) in [4.78, 5) is 0. The number of aliphatic hydroxyl groups is 8. The third-order valence-electron chi connectivity index (χ3n) is 2.39. The minimum atomic E-state index is -0.861. The zero-order chi connectivity index (χ0) is 25.5. The lowest BCUT2D eigenvalue weighted by molar-refractivity contribution is -0.102. The minimum Gasteiger partial charge on any atom is -0.397 e. The van der Waals surface area contributed by atoms with E-state index in [9.17, 15) is 0 Å². The van der Waals surface area contributed by atoms with Gasteiger partial charge in [-0.25, -0.2) is 0 Å².